The number of hydrogen-bond donors (Lipinski definition) is 1. The molecule has 2 fully saturated rings. The minimum atomic E-state index is -3.47. The van der Waals surface area contributed by atoms with E-state index in [0.29, 0.717) is 24.7 Å². The number of ether oxygens (including phenoxy) is 1. The van der Waals surface area contributed by atoms with E-state index in [-0.39, 0.29) is 46.0 Å². The van der Waals surface area contributed by atoms with Crippen LogP contribution >= 0.6 is 11.6 Å². The van der Waals surface area contributed by atoms with Gasteiger partial charge in [0.1, 0.15) is 12.1 Å². The van der Waals surface area contributed by atoms with E-state index < -0.39 is 21.8 Å². The zero-order valence-electron chi connectivity index (χ0n) is 19.1. The van der Waals surface area contributed by atoms with Crippen LogP contribution in [-0.4, -0.2) is 56.2 Å². The van der Waals surface area contributed by atoms with Crippen molar-refractivity contribution in [1.82, 2.24) is 10.2 Å². The van der Waals surface area contributed by atoms with E-state index in [4.69, 9.17) is 16.3 Å². The number of halogens is 1. The average Bonchev–Trinajstić information content (AvgIpc) is 3.07. The van der Waals surface area contributed by atoms with Gasteiger partial charge in [-0.15, -0.1) is 0 Å². The highest BCUT2D eigenvalue weighted by Gasteiger charge is 2.49. The van der Waals surface area contributed by atoms with Crippen molar-refractivity contribution in [2.45, 2.75) is 36.4 Å². The van der Waals surface area contributed by atoms with Crippen molar-refractivity contribution < 1.29 is 22.7 Å². The molecule has 35 heavy (non-hydrogen) atoms. The van der Waals surface area contributed by atoms with Crippen molar-refractivity contribution in [2.24, 2.45) is 11.8 Å². The van der Waals surface area contributed by atoms with Gasteiger partial charge >= 0.3 is 0 Å². The Kier molecular flexibility index (Phi) is 6.34. The first-order valence-electron chi connectivity index (χ1n) is 11.6. The summed E-state index contributed by atoms with van der Waals surface area (Å²) in [7, 11) is -3.47. The van der Waals surface area contributed by atoms with E-state index in [1.54, 1.807) is 31.2 Å². The molecule has 0 unspecified atom stereocenters. The number of rotatable bonds is 7. The predicted octanol–water partition coefficient (Wildman–Crippen LogP) is 2.85. The van der Waals surface area contributed by atoms with Crippen LogP contribution in [0.15, 0.2) is 53.4 Å². The van der Waals surface area contributed by atoms with Gasteiger partial charge in [0.2, 0.25) is 5.91 Å². The number of nitrogens with one attached hydrogen (secondary N) is 1. The Morgan fingerprint density at radius 1 is 1.17 bits per heavy atom. The molecule has 0 spiro atoms. The lowest BCUT2D eigenvalue weighted by Gasteiger charge is -2.36. The molecular formula is C26H25ClN2O5S. The number of hydrogen-bond acceptors (Lipinski definition) is 5. The van der Waals surface area contributed by atoms with E-state index >= 15 is 0 Å². The van der Waals surface area contributed by atoms with Gasteiger partial charge in [0.15, 0.2) is 9.84 Å². The summed E-state index contributed by atoms with van der Waals surface area (Å²) >= 11 is 6.05. The fourth-order valence-electron chi connectivity index (χ4n) is 4.75. The Hall–Kier alpha value is -2.86. The highest BCUT2D eigenvalue weighted by atomic mass is 35.5. The zero-order valence-corrected chi connectivity index (χ0v) is 20.7. The molecule has 2 aliphatic heterocycles. The molecule has 4 atom stereocenters. The first kappa shape index (κ1) is 23.9. The molecule has 2 heterocycles. The molecule has 9 heteroatoms. The van der Waals surface area contributed by atoms with Crippen LogP contribution in [-0.2, 0) is 19.4 Å². The molecule has 1 N–H and O–H groups in total. The quantitative estimate of drug-likeness (QED) is 0.576. The number of fused-ring (bicyclic) bond motifs is 1. The lowest BCUT2D eigenvalue weighted by atomic mass is 9.90. The first-order chi connectivity index (χ1) is 16.8. The normalized spacial score (nSPS) is 23.8. The summed E-state index contributed by atoms with van der Waals surface area (Å²) in [5, 5.41) is 3.75. The summed E-state index contributed by atoms with van der Waals surface area (Å²) in [4.78, 5) is 28.7. The third-order valence-corrected chi connectivity index (χ3v) is 8.91. The summed E-state index contributed by atoms with van der Waals surface area (Å²) in [5.41, 5.74) is 1.15. The molecule has 1 aliphatic carbocycles. The van der Waals surface area contributed by atoms with Crippen LogP contribution in [0.25, 0.3) is 0 Å². The van der Waals surface area contributed by atoms with Crippen LogP contribution in [0.1, 0.15) is 35.3 Å². The molecule has 0 bridgehead atoms. The van der Waals surface area contributed by atoms with Gasteiger partial charge in [-0.25, -0.2) is 8.42 Å². The Labute approximate surface area is 209 Å². The van der Waals surface area contributed by atoms with Crippen molar-refractivity contribution in [1.29, 1.82) is 0 Å². The van der Waals surface area contributed by atoms with Crippen molar-refractivity contribution >= 4 is 33.3 Å². The van der Waals surface area contributed by atoms with Gasteiger partial charge in [-0.1, -0.05) is 48.6 Å². The SMILES string of the molecule is CCS(=O)(=O)c1cccc(C(=O)N2[C@@H](C(=O)N[C@@H](c3ccc(Cl)cc3)C3COC3)C[C@H]3C#C[C@H]32)c1. The zero-order chi connectivity index (χ0) is 24.7. The Balaban J connectivity index is 1.40. The molecule has 7 nitrogen and oxygen atoms in total. The minimum Gasteiger partial charge on any atom is -0.381 e. The van der Waals surface area contributed by atoms with Gasteiger partial charge in [0.05, 0.1) is 35.8 Å². The highest BCUT2D eigenvalue weighted by molar-refractivity contribution is 7.91. The second-order valence-electron chi connectivity index (χ2n) is 9.07. The van der Waals surface area contributed by atoms with Crippen LogP contribution in [0.3, 0.4) is 0 Å². The maximum atomic E-state index is 13.6. The molecule has 2 aromatic rings. The van der Waals surface area contributed by atoms with E-state index in [0.717, 1.165) is 5.56 Å². The molecule has 2 saturated heterocycles. The fraction of sp³-hybridized carbons (Fsp3) is 0.385. The van der Waals surface area contributed by atoms with Gasteiger partial charge in [-0.3, -0.25) is 9.59 Å². The molecule has 2 amide bonds. The number of likely N-dealkylation sites (tertiary alicyclic amines) is 1. The molecule has 3 aliphatic rings. The molecule has 2 aromatic carbocycles. The minimum absolute atomic E-state index is 0.0630. The van der Waals surface area contributed by atoms with E-state index in [1.165, 1.54) is 17.0 Å². The molecule has 182 valence electrons. The maximum absolute atomic E-state index is 13.6. The first-order valence-corrected chi connectivity index (χ1v) is 13.6. The van der Waals surface area contributed by atoms with Gasteiger partial charge in [0.25, 0.3) is 5.91 Å². The van der Waals surface area contributed by atoms with E-state index in [1.807, 2.05) is 12.1 Å². The summed E-state index contributed by atoms with van der Waals surface area (Å²) in [6.07, 6.45) is 0.441. The van der Waals surface area contributed by atoms with Crippen LogP contribution < -0.4 is 5.32 Å². The summed E-state index contributed by atoms with van der Waals surface area (Å²) in [5.74, 6) is 5.39. The summed E-state index contributed by atoms with van der Waals surface area (Å²) in [6, 6.07) is 12.0. The summed E-state index contributed by atoms with van der Waals surface area (Å²) < 4.78 is 30.1. The van der Waals surface area contributed by atoms with E-state index in [2.05, 4.69) is 17.2 Å². The maximum Gasteiger partial charge on any atom is 0.255 e. The number of amides is 2. The van der Waals surface area contributed by atoms with Gasteiger partial charge in [0, 0.05) is 16.5 Å². The lowest BCUT2D eigenvalue weighted by molar-refractivity contribution is -0.128. The van der Waals surface area contributed by atoms with Crippen molar-refractivity contribution in [3.63, 3.8) is 0 Å². The fourth-order valence-corrected chi connectivity index (χ4v) is 5.81. The van der Waals surface area contributed by atoms with Gasteiger partial charge < -0.3 is 15.0 Å². The van der Waals surface area contributed by atoms with Gasteiger partial charge in [-0.05, 0) is 42.3 Å². The standard InChI is InChI=1S/C26H25ClN2O5S/c1-2-35(32,33)21-5-3-4-18(12-21)26(31)29-22-11-8-17(22)13-23(29)25(30)28-24(19-14-34-15-19)16-6-9-20(27)10-7-16/h3-7,9-10,12,17,19,22-24H,2,13-15H2,1H3,(H,28,30)/t17-,22-,23-,24+/m1/s1. The predicted molar refractivity (Wildman–Crippen MR) is 130 cm³/mol. The topological polar surface area (TPSA) is 92.8 Å². The monoisotopic (exact) mass is 512 g/mol. The second kappa shape index (κ2) is 9.30. The van der Waals surface area contributed by atoms with Crippen molar-refractivity contribution in [3.8, 4) is 11.8 Å². The van der Waals surface area contributed by atoms with Crippen LogP contribution in [0.5, 0.6) is 0 Å². The number of carbonyl (C=O) groups excluding carboxylic acids is 2. The largest absolute Gasteiger partial charge is 0.381 e. The Morgan fingerprint density at radius 3 is 2.51 bits per heavy atom. The van der Waals surface area contributed by atoms with Crippen LogP contribution in [0.2, 0.25) is 5.02 Å². The number of sulfone groups is 1. The van der Waals surface area contributed by atoms with Crippen LogP contribution in [0, 0.1) is 23.7 Å². The number of benzene rings is 2. The van der Waals surface area contributed by atoms with Crippen molar-refractivity contribution in [3.05, 3.63) is 64.7 Å². The molecular weight excluding hydrogens is 488 g/mol. The average molecular weight is 513 g/mol. The third-order valence-electron chi connectivity index (χ3n) is 6.93. The second-order valence-corrected chi connectivity index (χ2v) is 11.8. The molecule has 0 radical (unpaired) electrons. The van der Waals surface area contributed by atoms with Gasteiger partial charge in [-0.2, -0.15) is 0 Å². The van der Waals surface area contributed by atoms with Crippen molar-refractivity contribution in [2.75, 3.05) is 19.0 Å². The molecule has 5 rings (SSSR count). The smallest absolute Gasteiger partial charge is 0.255 e. The summed E-state index contributed by atoms with van der Waals surface area (Å²) in [6.45, 7) is 2.63. The van der Waals surface area contributed by atoms with E-state index in [9.17, 15) is 18.0 Å². The number of nitrogens with zero attached hydrogens (tertiary/aromatic N) is 1. The van der Waals surface area contributed by atoms with Crippen LogP contribution in [0.4, 0.5) is 0 Å². The third kappa shape index (κ3) is 4.44. The highest BCUT2D eigenvalue weighted by Crippen LogP contribution is 2.36. The Bertz CT molecular complexity index is 1330. The lowest BCUT2D eigenvalue weighted by Crippen LogP contribution is -2.52. The molecule has 0 aromatic heterocycles. The number of carbonyl (C=O) groups is 2. The Morgan fingerprint density at radius 2 is 1.91 bits per heavy atom. The molecule has 0 saturated carbocycles.